The van der Waals surface area contributed by atoms with Gasteiger partial charge >= 0.3 is 0 Å². The number of ether oxygens (including phenoxy) is 1. The van der Waals surface area contributed by atoms with Crippen LogP contribution in [0.5, 0.6) is 11.5 Å². The maximum Gasteiger partial charge on any atom is 0.289 e. The van der Waals surface area contributed by atoms with Gasteiger partial charge in [-0.1, -0.05) is 12.1 Å². The Kier molecular flexibility index (Phi) is 5.44. The number of aromatic nitrogens is 2. The number of methoxy groups -OCH3 is 1. The molecule has 2 aromatic carbocycles. The predicted octanol–water partition coefficient (Wildman–Crippen LogP) is 3.56. The van der Waals surface area contributed by atoms with Crippen LogP contribution in [0, 0.1) is 13.8 Å². The lowest BCUT2D eigenvalue weighted by Crippen LogP contribution is -2.19. The maximum absolute atomic E-state index is 12.4. The van der Waals surface area contributed by atoms with Gasteiger partial charge in [0.25, 0.3) is 5.91 Å². The first-order chi connectivity index (χ1) is 13.4. The number of H-pyrrole nitrogens is 1. The molecule has 1 heterocycles. The number of rotatable bonds is 5. The molecule has 3 aromatic rings. The number of nitrogens with zero attached hydrogens (tertiary/aromatic N) is 2. The summed E-state index contributed by atoms with van der Waals surface area (Å²) in [6.45, 7) is 5.83. The van der Waals surface area contributed by atoms with Crippen LogP contribution in [0.1, 0.15) is 34.1 Å². The number of aromatic amines is 1. The molecule has 3 rings (SSSR count). The summed E-state index contributed by atoms with van der Waals surface area (Å²) in [7, 11) is 1.47. The molecule has 0 aliphatic carbocycles. The average Bonchev–Trinajstić information content (AvgIpc) is 3.18. The lowest BCUT2D eigenvalue weighted by molar-refractivity contribution is 0.0950. The number of hydrogen-bond donors (Lipinski definition) is 3. The molecule has 0 saturated heterocycles. The van der Waals surface area contributed by atoms with Crippen LogP contribution in [0.15, 0.2) is 47.6 Å². The molecule has 0 radical (unpaired) electrons. The minimum absolute atomic E-state index is 0.0411. The Bertz CT molecular complexity index is 1050. The number of hydrazone groups is 1. The maximum atomic E-state index is 12.4. The fourth-order valence-electron chi connectivity index (χ4n) is 2.65. The fourth-order valence-corrected chi connectivity index (χ4v) is 2.65. The lowest BCUT2D eigenvalue weighted by atomic mass is 10.0. The number of phenols is 1. The van der Waals surface area contributed by atoms with Crippen LogP contribution in [-0.4, -0.2) is 34.0 Å². The summed E-state index contributed by atoms with van der Waals surface area (Å²) in [6, 6.07) is 12.6. The van der Waals surface area contributed by atoms with Crippen LogP contribution in [0.4, 0.5) is 0 Å². The van der Waals surface area contributed by atoms with Gasteiger partial charge in [-0.15, -0.1) is 0 Å². The van der Waals surface area contributed by atoms with Crippen molar-refractivity contribution in [1.29, 1.82) is 0 Å². The van der Waals surface area contributed by atoms with Crippen LogP contribution in [-0.2, 0) is 0 Å². The molecule has 0 unspecified atom stereocenters. The van der Waals surface area contributed by atoms with E-state index in [0.29, 0.717) is 22.8 Å². The van der Waals surface area contributed by atoms with Gasteiger partial charge in [-0.2, -0.15) is 10.2 Å². The van der Waals surface area contributed by atoms with Crippen LogP contribution in [0.2, 0.25) is 0 Å². The number of carbonyl (C=O) groups excluding carboxylic acids is 1. The van der Waals surface area contributed by atoms with Crippen molar-refractivity contribution in [3.8, 4) is 22.8 Å². The van der Waals surface area contributed by atoms with E-state index in [1.807, 2.05) is 32.0 Å². The summed E-state index contributed by atoms with van der Waals surface area (Å²) in [5, 5.41) is 20.7. The summed E-state index contributed by atoms with van der Waals surface area (Å²) >= 11 is 0. The normalized spacial score (nSPS) is 11.4. The Labute approximate surface area is 163 Å². The zero-order valence-corrected chi connectivity index (χ0v) is 16.2. The fraction of sp³-hybridized carbons (Fsp3) is 0.190. The van der Waals surface area contributed by atoms with Crippen molar-refractivity contribution in [1.82, 2.24) is 15.6 Å². The first-order valence-corrected chi connectivity index (χ1v) is 8.74. The van der Waals surface area contributed by atoms with E-state index < -0.39 is 5.91 Å². The molecular weight excluding hydrogens is 356 g/mol. The Hall–Kier alpha value is -3.61. The lowest BCUT2D eigenvalue weighted by Gasteiger charge is -2.06. The highest BCUT2D eigenvalue weighted by Crippen LogP contribution is 2.26. The van der Waals surface area contributed by atoms with E-state index in [4.69, 9.17) is 4.74 Å². The van der Waals surface area contributed by atoms with E-state index in [1.165, 1.54) is 18.7 Å². The molecule has 1 aromatic heterocycles. The molecule has 144 valence electrons. The second kappa shape index (κ2) is 7.96. The third kappa shape index (κ3) is 4.03. The molecular formula is C21H22N4O3. The SMILES string of the molecule is COc1cc(/C(C)=N/NC(=O)c2cc(-c3ccc(C)c(C)c3)n[nH]2)ccc1O. The van der Waals surface area contributed by atoms with Crippen molar-refractivity contribution < 1.29 is 14.6 Å². The molecule has 0 bridgehead atoms. The van der Waals surface area contributed by atoms with Crippen LogP contribution in [0.25, 0.3) is 11.3 Å². The van der Waals surface area contributed by atoms with E-state index in [0.717, 1.165) is 16.7 Å². The third-order valence-corrected chi connectivity index (χ3v) is 4.55. The third-order valence-electron chi connectivity index (χ3n) is 4.55. The van der Waals surface area contributed by atoms with Crippen molar-refractivity contribution in [2.45, 2.75) is 20.8 Å². The van der Waals surface area contributed by atoms with Crippen LogP contribution >= 0.6 is 0 Å². The van der Waals surface area contributed by atoms with Gasteiger partial charge in [-0.3, -0.25) is 9.89 Å². The highest BCUT2D eigenvalue weighted by atomic mass is 16.5. The molecule has 3 N–H and O–H groups in total. The Morgan fingerprint density at radius 2 is 1.93 bits per heavy atom. The van der Waals surface area contributed by atoms with E-state index in [2.05, 4.69) is 20.7 Å². The number of benzene rings is 2. The molecule has 28 heavy (non-hydrogen) atoms. The highest BCUT2D eigenvalue weighted by molar-refractivity contribution is 6.01. The molecule has 0 aliphatic rings. The van der Waals surface area contributed by atoms with Gasteiger partial charge in [-0.25, -0.2) is 5.43 Å². The standard InChI is InChI=1S/C21H22N4O3/c1-12-5-6-16(9-13(12)2)17-11-18(24-23-17)21(27)25-22-14(3)15-7-8-19(26)20(10-15)28-4/h5-11,26H,1-4H3,(H,23,24)(H,25,27)/b22-14+. The number of hydrogen-bond acceptors (Lipinski definition) is 5. The number of aryl methyl sites for hydroxylation is 2. The topological polar surface area (TPSA) is 99.6 Å². The monoisotopic (exact) mass is 378 g/mol. The summed E-state index contributed by atoms with van der Waals surface area (Å²) in [5.41, 5.74) is 8.11. The number of phenolic OH excluding ortho intramolecular Hbond substituents is 1. The van der Waals surface area contributed by atoms with Gasteiger partial charge in [0.15, 0.2) is 11.5 Å². The number of carbonyl (C=O) groups is 1. The van der Waals surface area contributed by atoms with Crippen molar-refractivity contribution in [2.75, 3.05) is 7.11 Å². The second-order valence-electron chi connectivity index (χ2n) is 6.49. The van der Waals surface area contributed by atoms with Gasteiger partial charge in [0.05, 0.1) is 18.5 Å². The number of aromatic hydroxyl groups is 1. The second-order valence-corrected chi connectivity index (χ2v) is 6.49. The molecule has 7 heteroatoms. The zero-order chi connectivity index (χ0) is 20.3. The van der Waals surface area contributed by atoms with Crippen molar-refractivity contribution in [2.24, 2.45) is 5.10 Å². The first kappa shape index (κ1) is 19.2. The van der Waals surface area contributed by atoms with Gasteiger partial charge in [0.1, 0.15) is 5.69 Å². The molecule has 0 fully saturated rings. The van der Waals surface area contributed by atoms with Crippen LogP contribution < -0.4 is 10.2 Å². The van der Waals surface area contributed by atoms with Gasteiger partial charge in [0, 0.05) is 11.1 Å². The molecule has 7 nitrogen and oxygen atoms in total. The predicted molar refractivity (Wildman–Crippen MR) is 108 cm³/mol. The van der Waals surface area contributed by atoms with E-state index in [-0.39, 0.29) is 5.75 Å². The Balaban J connectivity index is 1.74. The highest BCUT2D eigenvalue weighted by Gasteiger charge is 2.12. The molecule has 0 aliphatic heterocycles. The summed E-state index contributed by atoms with van der Waals surface area (Å²) in [6.07, 6.45) is 0. The van der Waals surface area contributed by atoms with Gasteiger partial charge in [-0.05, 0) is 62.2 Å². The first-order valence-electron chi connectivity index (χ1n) is 8.74. The summed E-state index contributed by atoms with van der Waals surface area (Å²) in [4.78, 5) is 12.4. The minimum atomic E-state index is -0.396. The van der Waals surface area contributed by atoms with Crippen molar-refractivity contribution in [3.63, 3.8) is 0 Å². The molecule has 0 atom stereocenters. The summed E-state index contributed by atoms with van der Waals surface area (Å²) in [5.74, 6) is -0.0166. The van der Waals surface area contributed by atoms with Crippen molar-refractivity contribution in [3.05, 3.63) is 64.8 Å². The quantitative estimate of drug-likeness (QED) is 0.467. The average molecular weight is 378 g/mol. The summed E-state index contributed by atoms with van der Waals surface area (Å²) < 4.78 is 5.09. The van der Waals surface area contributed by atoms with Gasteiger partial charge in [0.2, 0.25) is 0 Å². The molecule has 0 spiro atoms. The van der Waals surface area contributed by atoms with Crippen LogP contribution in [0.3, 0.4) is 0 Å². The smallest absolute Gasteiger partial charge is 0.289 e. The Morgan fingerprint density at radius 1 is 1.14 bits per heavy atom. The van der Waals surface area contributed by atoms with E-state index in [1.54, 1.807) is 25.1 Å². The van der Waals surface area contributed by atoms with E-state index in [9.17, 15) is 9.90 Å². The van der Waals surface area contributed by atoms with E-state index >= 15 is 0 Å². The molecule has 1 amide bonds. The number of amides is 1. The minimum Gasteiger partial charge on any atom is -0.504 e. The zero-order valence-electron chi connectivity index (χ0n) is 16.2. The van der Waals surface area contributed by atoms with Gasteiger partial charge < -0.3 is 9.84 Å². The number of nitrogens with one attached hydrogen (secondary N) is 2. The molecule has 0 saturated carbocycles. The Morgan fingerprint density at radius 3 is 2.64 bits per heavy atom. The van der Waals surface area contributed by atoms with Crippen molar-refractivity contribution >= 4 is 11.6 Å². The largest absolute Gasteiger partial charge is 0.504 e.